The number of benzene rings is 1. The summed E-state index contributed by atoms with van der Waals surface area (Å²) in [5.74, 6) is -0.726. The van der Waals surface area contributed by atoms with E-state index in [-0.39, 0.29) is 10.4 Å². The zero-order valence-electron chi connectivity index (χ0n) is 8.74. The van der Waals surface area contributed by atoms with Gasteiger partial charge in [-0.3, -0.25) is 4.79 Å². The largest absolute Gasteiger partial charge is 0.348 e. The number of carbonyl (C=O) groups excluding carboxylic acids is 1. The van der Waals surface area contributed by atoms with Crippen molar-refractivity contribution in [2.45, 2.75) is 6.54 Å². The first-order valence-electron chi connectivity index (χ1n) is 4.92. The number of thiophene rings is 1. The van der Waals surface area contributed by atoms with Crippen molar-refractivity contribution in [2.24, 2.45) is 0 Å². The highest BCUT2D eigenvalue weighted by Crippen LogP contribution is 2.20. The smallest absolute Gasteiger partial charge is 0.252 e. The molecule has 0 aliphatic rings. The minimum absolute atomic E-state index is 0.197. The fraction of sp³-hybridized carbons (Fsp3) is 0.0833. The average molecular weight is 314 g/mol. The molecule has 1 heterocycles. The maximum atomic E-state index is 13.2. The van der Waals surface area contributed by atoms with Gasteiger partial charge in [0.15, 0.2) is 0 Å². The van der Waals surface area contributed by atoms with Crippen molar-refractivity contribution in [1.82, 2.24) is 5.32 Å². The molecule has 0 unspecified atom stereocenters. The molecule has 1 aromatic carbocycles. The van der Waals surface area contributed by atoms with Crippen LogP contribution in [0.15, 0.2) is 39.5 Å². The summed E-state index contributed by atoms with van der Waals surface area (Å²) in [5, 5.41) is 6.64. The molecule has 1 aromatic heterocycles. The van der Waals surface area contributed by atoms with Crippen molar-refractivity contribution in [1.29, 1.82) is 0 Å². The van der Waals surface area contributed by atoms with Crippen LogP contribution in [-0.2, 0) is 6.54 Å². The van der Waals surface area contributed by atoms with Gasteiger partial charge in [-0.25, -0.2) is 4.39 Å². The standard InChI is InChI=1S/C12H9BrFNOS/c13-11-9(2-1-3-10(11)14)12(16)15-6-8-4-5-17-7-8/h1-5,7H,6H2,(H,15,16). The van der Waals surface area contributed by atoms with Crippen molar-refractivity contribution in [3.05, 3.63) is 56.4 Å². The van der Waals surface area contributed by atoms with E-state index in [1.807, 2.05) is 16.8 Å². The summed E-state index contributed by atoms with van der Waals surface area (Å²) in [5.41, 5.74) is 1.34. The zero-order chi connectivity index (χ0) is 12.3. The molecule has 2 rings (SSSR count). The lowest BCUT2D eigenvalue weighted by Crippen LogP contribution is -2.23. The molecule has 0 aliphatic heterocycles. The van der Waals surface area contributed by atoms with Crippen molar-refractivity contribution < 1.29 is 9.18 Å². The third kappa shape index (κ3) is 2.92. The van der Waals surface area contributed by atoms with Crippen LogP contribution < -0.4 is 5.32 Å². The van der Waals surface area contributed by atoms with Crippen LogP contribution in [0.5, 0.6) is 0 Å². The fourth-order valence-corrected chi connectivity index (χ4v) is 2.46. The normalized spacial score (nSPS) is 10.2. The van der Waals surface area contributed by atoms with Gasteiger partial charge in [-0.2, -0.15) is 11.3 Å². The highest BCUT2D eigenvalue weighted by Gasteiger charge is 2.12. The van der Waals surface area contributed by atoms with Gasteiger partial charge in [0.05, 0.1) is 10.0 Å². The van der Waals surface area contributed by atoms with Gasteiger partial charge in [0.2, 0.25) is 0 Å². The van der Waals surface area contributed by atoms with E-state index in [0.717, 1.165) is 5.56 Å². The SMILES string of the molecule is O=C(NCc1ccsc1)c1cccc(F)c1Br. The molecule has 0 atom stereocenters. The Morgan fingerprint density at radius 1 is 1.41 bits per heavy atom. The van der Waals surface area contributed by atoms with E-state index in [2.05, 4.69) is 21.2 Å². The highest BCUT2D eigenvalue weighted by molar-refractivity contribution is 9.10. The summed E-state index contributed by atoms with van der Waals surface area (Å²) in [6, 6.07) is 6.33. The van der Waals surface area contributed by atoms with Gasteiger partial charge in [-0.15, -0.1) is 0 Å². The Labute approximate surface area is 111 Å². The minimum Gasteiger partial charge on any atom is -0.348 e. The van der Waals surface area contributed by atoms with Crippen LogP contribution in [0.4, 0.5) is 4.39 Å². The van der Waals surface area contributed by atoms with E-state index in [1.165, 1.54) is 12.1 Å². The molecule has 0 spiro atoms. The van der Waals surface area contributed by atoms with Crippen LogP contribution in [0, 0.1) is 5.82 Å². The van der Waals surface area contributed by atoms with Crippen LogP contribution in [0.25, 0.3) is 0 Å². The molecule has 88 valence electrons. The molecule has 0 bridgehead atoms. The lowest BCUT2D eigenvalue weighted by Gasteiger charge is -2.06. The van der Waals surface area contributed by atoms with Gasteiger partial charge in [-0.05, 0) is 50.5 Å². The summed E-state index contributed by atoms with van der Waals surface area (Å²) in [7, 11) is 0. The van der Waals surface area contributed by atoms with Gasteiger partial charge < -0.3 is 5.32 Å². The Hall–Kier alpha value is -1.20. The van der Waals surface area contributed by atoms with Gasteiger partial charge in [0, 0.05) is 6.54 Å². The second-order valence-corrected chi connectivity index (χ2v) is 4.99. The monoisotopic (exact) mass is 313 g/mol. The lowest BCUT2D eigenvalue weighted by molar-refractivity contribution is 0.0949. The van der Waals surface area contributed by atoms with E-state index < -0.39 is 5.82 Å². The molecule has 2 aromatic rings. The Balaban J connectivity index is 2.07. The van der Waals surface area contributed by atoms with Crippen molar-refractivity contribution >= 4 is 33.2 Å². The molecule has 0 radical (unpaired) electrons. The average Bonchev–Trinajstić information content (AvgIpc) is 2.82. The molecule has 1 amide bonds. The van der Waals surface area contributed by atoms with Crippen molar-refractivity contribution in [2.75, 3.05) is 0 Å². The van der Waals surface area contributed by atoms with E-state index in [9.17, 15) is 9.18 Å². The van der Waals surface area contributed by atoms with Crippen LogP contribution in [-0.4, -0.2) is 5.91 Å². The van der Waals surface area contributed by atoms with Gasteiger partial charge in [0.25, 0.3) is 5.91 Å². The summed E-state index contributed by atoms with van der Waals surface area (Å²) >= 11 is 4.64. The van der Waals surface area contributed by atoms with Crippen LogP contribution in [0.3, 0.4) is 0 Å². The molecule has 1 N–H and O–H groups in total. The number of rotatable bonds is 3. The number of halogens is 2. The predicted molar refractivity (Wildman–Crippen MR) is 69.6 cm³/mol. The van der Waals surface area contributed by atoms with Gasteiger partial charge >= 0.3 is 0 Å². The highest BCUT2D eigenvalue weighted by atomic mass is 79.9. The first kappa shape index (κ1) is 12.3. The first-order chi connectivity index (χ1) is 8.18. The Morgan fingerprint density at radius 2 is 2.24 bits per heavy atom. The zero-order valence-corrected chi connectivity index (χ0v) is 11.1. The van der Waals surface area contributed by atoms with Gasteiger partial charge in [-0.1, -0.05) is 6.07 Å². The second kappa shape index (κ2) is 5.42. The van der Waals surface area contributed by atoms with Gasteiger partial charge in [0.1, 0.15) is 5.82 Å². The Morgan fingerprint density at radius 3 is 2.94 bits per heavy atom. The molecule has 0 fully saturated rings. The molecule has 5 heteroatoms. The van der Waals surface area contributed by atoms with Crippen LogP contribution in [0.2, 0.25) is 0 Å². The fourth-order valence-electron chi connectivity index (χ4n) is 1.35. The maximum Gasteiger partial charge on any atom is 0.252 e. The molecule has 0 saturated carbocycles. The summed E-state index contributed by atoms with van der Waals surface area (Å²) in [4.78, 5) is 11.8. The number of hydrogen-bond acceptors (Lipinski definition) is 2. The van der Waals surface area contributed by atoms with Crippen LogP contribution >= 0.6 is 27.3 Å². The van der Waals surface area contributed by atoms with E-state index in [1.54, 1.807) is 17.4 Å². The van der Waals surface area contributed by atoms with E-state index >= 15 is 0 Å². The summed E-state index contributed by atoms with van der Waals surface area (Å²) in [6.07, 6.45) is 0. The summed E-state index contributed by atoms with van der Waals surface area (Å²) < 4.78 is 13.4. The first-order valence-corrected chi connectivity index (χ1v) is 6.65. The van der Waals surface area contributed by atoms with Crippen molar-refractivity contribution in [3.8, 4) is 0 Å². The number of carbonyl (C=O) groups is 1. The van der Waals surface area contributed by atoms with E-state index in [4.69, 9.17) is 0 Å². The number of hydrogen-bond donors (Lipinski definition) is 1. The maximum absolute atomic E-state index is 13.2. The Bertz CT molecular complexity index is 527. The molecule has 2 nitrogen and oxygen atoms in total. The van der Waals surface area contributed by atoms with E-state index in [0.29, 0.717) is 12.1 Å². The minimum atomic E-state index is -0.437. The number of amides is 1. The molecular weight excluding hydrogens is 305 g/mol. The third-order valence-electron chi connectivity index (χ3n) is 2.23. The molecule has 0 aliphatic carbocycles. The predicted octanol–water partition coefficient (Wildman–Crippen LogP) is 3.58. The lowest BCUT2D eigenvalue weighted by atomic mass is 10.2. The third-order valence-corrected chi connectivity index (χ3v) is 3.77. The molecular formula is C12H9BrFNOS. The topological polar surface area (TPSA) is 29.1 Å². The quantitative estimate of drug-likeness (QED) is 0.922. The van der Waals surface area contributed by atoms with Crippen LogP contribution in [0.1, 0.15) is 15.9 Å². The summed E-state index contributed by atoms with van der Waals surface area (Å²) in [6.45, 7) is 0.450. The number of nitrogens with one attached hydrogen (secondary N) is 1. The Kier molecular flexibility index (Phi) is 3.91. The second-order valence-electron chi connectivity index (χ2n) is 3.42. The molecule has 0 saturated heterocycles. The molecule has 17 heavy (non-hydrogen) atoms. The van der Waals surface area contributed by atoms with Crippen molar-refractivity contribution in [3.63, 3.8) is 0 Å².